The zero-order chi connectivity index (χ0) is 18.7. The summed E-state index contributed by atoms with van der Waals surface area (Å²) in [6.07, 6.45) is 1.20. The van der Waals surface area contributed by atoms with Crippen molar-refractivity contribution in [1.29, 1.82) is 0 Å². The van der Waals surface area contributed by atoms with Crippen molar-refractivity contribution in [1.82, 2.24) is 9.78 Å². The van der Waals surface area contributed by atoms with E-state index in [1.165, 1.54) is 10.6 Å². The van der Waals surface area contributed by atoms with Gasteiger partial charge in [-0.3, -0.25) is 4.31 Å². The smallest absolute Gasteiger partial charge is 0.233 e. The molecule has 0 fully saturated rings. The van der Waals surface area contributed by atoms with Gasteiger partial charge in [-0.15, -0.1) is 0 Å². The quantitative estimate of drug-likeness (QED) is 0.843. The summed E-state index contributed by atoms with van der Waals surface area (Å²) in [5.41, 5.74) is 2.44. The monoisotopic (exact) mass is 351 g/mol. The van der Waals surface area contributed by atoms with Crippen LogP contribution in [0.3, 0.4) is 0 Å². The molecule has 0 atom stereocenters. The van der Waals surface area contributed by atoms with Crippen molar-refractivity contribution in [2.24, 2.45) is 0 Å². The first-order valence-electron chi connectivity index (χ1n) is 8.13. The highest BCUT2D eigenvalue weighted by Gasteiger charge is 2.29. The van der Waals surface area contributed by atoms with Crippen LogP contribution in [0.25, 0.3) is 5.69 Å². The van der Waals surface area contributed by atoms with E-state index >= 15 is 0 Å². The predicted molar refractivity (Wildman–Crippen MR) is 102 cm³/mol. The van der Waals surface area contributed by atoms with Gasteiger partial charge in [-0.05, 0) is 19.1 Å². The lowest BCUT2D eigenvalue weighted by Crippen LogP contribution is -2.27. The van der Waals surface area contributed by atoms with E-state index in [1.54, 1.807) is 11.7 Å². The van der Waals surface area contributed by atoms with Gasteiger partial charge in [-0.1, -0.05) is 52.8 Å². The van der Waals surface area contributed by atoms with Gasteiger partial charge >= 0.3 is 0 Å². The molecule has 1 aromatic heterocycles. The molecule has 0 aliphatic rings. The summed E-state index contributed by atoms with van der Waals surface area (Å²) < 4.78 is 27.0. The topological polar surface area (TPSA) is 55.2 Å². The van der Waals surface area contributed by atoms with Gasteiger partial charge in [0.15, 0.2) is 0 Å². The molecule has 1 heterocycles. The first kappa shape index (κ1) is 20.2. The van der Waals surface area contributed by atoms with Crippen LogP contribution < -0.4 is 4.31 Å². The van der Waals surface area contributed by atoms with Crippen molar-refractivity contribution in [3.63, 3.8) is 0 Å². The number of aromatic nitrogens is 2. The van der Waals surface area contributed by atoms with E-state index in [0.717, 1.165) is 16.9 Å². The fourth-order valence-electron chi connectivity index (χ4n) is 2.48. The molecule has 0 aliphatic heterocycles. The molecule has 0 amide bonds. The maximum atomic E-state index is 12.0. The normalized spacial score (nSPS) is 11.7. The van der Waals surface area contributed by atoms with Gasteiger partial charge in [0.05, 0.1) is 17.6 Å². The molecule has 0 aliphatic carbocycles. The number of anilines is 1. The van der Waals surface area contributed by atoms with E-state index in [4.69, 9.17) is 5.10 Å². The van der Waals surface area contributed by atoms with Crippen molar-refractivity contribution >= 4 is 15.8 Å². The SMILES string of the molecule is CC.Cc1c(C(C)(C)C)nn(-c2ccccc2)c1N(C)S(C)(=O)=O. The third-order valence-corrected chi connectivity index (χ3v) is 4.77. The van der Waals surface area contributed by atoms with E-state index in [1.807, 2.05) is 51.1 Å². The maximum absolute atomic E-state index is 12.0. The summed E-state index contributed by atoms with van der Waals surface area (Å²) in [4.78, 5) is 0. The summed E-state index contributed by atoms with van der Waals surface area (Å²) in [6, 6.07) is 9.57. The van der Waals surface area contributed by atoms with Crippen LogP contribution in [-0.2, 0) is 15.4 Å². The molecule has 2 aromatic rings. The van der Waals surface area contributed by atoms with Crippen molar-refractivity contribution in [2.45, 2.75) is 47.0 Å². The average Bonchev–Trinajstić information content (AvgIpc) is 2.86. The van der Waals surface area contributed by atoms with Crippen molar-refractivity contribution in [3.05, 3.63) is 41.6 Å². The second-order valence-electron chi connectivity index (χ2n) is 6.53. The predicted octanol–water partition coefficient (Wildman–Crippen LogP) is 3.90. The number of para-hydroxylation sites is 1. The molecule has 24 heavy (non-hydrogen) atoms. The van der Waals surface area contributed by atoms with Gasteiger partial charge in [-0.2, -0.15) is 5.10 Å². The maximum Gasteiger partial charge on any atom is 0.233 e. The number of sulfonamides is 1. The lowest BCUT2D eigenvalue weighted by molar-refractivity contribution is 0.557. The Morgan fingerprint density at radius 2 is 1.58 bits per heavy atom. The van der Waals surface area contributed by atoms with Gasteiger partial charge in [0.2, 0.25) is 10.0 Å². The van der Waals surface area contributed by atoms with E-state index in [2.05, 4.69) is 20.8 Å². The van der Waals surface area contributed by atoms with Gasteiger partial charge < -0.3 is 0 Å². The summed E-state index contributed by atoms with van der Waals surface area (Å²) in [6.45, 7) is 12.1. The Balaban J connectivity index is 0.00000139. The molecule has 2 rings (SSSR count). The zero-order valence-corrected chi connectivity index (χ0v) is 16.8. The molecule has 0 radical (unpaired) electrons. The van der Waals surface area contributed by atoms with Crippen LogP contribution in [-0.4, -0.2) is 31.5 Å². The van der Waals surface area contributed by atoms with Crippen molar-refractivity contribution < 1.29 is 8.42 Å². The molecule has 134 valence electrons. The average molecular weight is 352 g/mol. The molecular formula is C18H29N3O2S. The molecule has 5 nitrogen and oxygen atoms in total. The van der Waals surface area contributed by atoms with Crippen LogP contribution in [0.15, 0.2) is 30.3 Å². The van der Waals surface area contributed by atoms with Gasteiger partial charge in [0.1, 0.15) is 5.82 Å². The fraction of sp³-hybridized carbons (Fsp3) is 0.500. The van der Waals surface area contributed by atoms with Crippen LogP contribution >= 0.6 is 0 Å². The van der Waals surface area contributed by atoms with Crippen molar-refractivity contribution in [2.75, 3.05) is 17.6 Å². The fourth-order valence-corrected chi connectivity index (χ4v) is 3.00. The van der Waals surface area contributed by atoms with Gasteiger partial charge in [0.25, 0.3) is 0 Å². The third kappa shape index (κ3) is 4.17. The molecule has 0 saturated heterocycles. The Labute approximate surface area is 146 Å². The van der Waals surface area contributed by atoms with E-state index in [-0.39, 0.29) is 5.41 Å². The zero-order valence-electron chi connectivity index (χ0n) is 16.0. The molecular weight excluding hydrogens is 322 g/mol. The Bertz CT molecular complexity index is 773. The molecule has 0 spiro atoms. The second-order valence-corrected chi connectivity index (χ2v) is 8.54. The first-order valence-corrected chi connectivity index (χ1v) is 9.97. The van der Waals surface area contributed by atoms with Crippen LogP contribution in [0, 0.1) is 6.92 Å². The molecule has 6 heteroatoms. The van der Waals surface area contributed by atoms with Crippen LogP contribution in [0.2, 0.25) is 0 Å². The molecule has 0 bridgehead atoms. The van der Waals surface area contributed by atoms with Crippen molar-refractivity contribution in [3.8, 4) is 5.69 Å². The summed E-state index contributed by atoms with van der Waals surface area (Å²) in [7, 11) is -1.81. The van der Waals surface area contributed by atoms with Gasteiger partial charge in [-0.25, -0.2) is 13.1 Å². The molecule has 0 unspecified atom stereocenters. The Morgan fingerprint density at radius 1 is 1.08 bits per heavy atom. The Kier molecular flexibility index (Phi) is 6.22. The Morgan fingerprint density at radius 3 is 2.00 bits per heavy atom. The van der Waals surface area contributed by atoms with Crippen LogP contribution in [0.5, 0.6) is 0 Å². The lowest BCUT2D eigenvalue weighted by atomic mass is 9.90. The second kappa shape index (κ2) is 7.38. The molecule has 0 N–H and O–H groups in total. The van der Waals surface area contributed by atoms with E-state index < -0.39 is 10.0 Å². The van der Waals surface area contributed by atoms with Crippen LogP contribution in [0.1, 0.15) is 45.9 Å². The highest BCUT2D eigenvalue weighted by Crippen LogP contribution is 2.33. The minimum absolute atomic E-state index is 0.169. The number of nitrogens with zero attached hydrogens (tertiary/aromatic N) is 3. The number of rotatable bonds is 3. The van der Waals surface area contributed by atoms with Gasteiger partial charge in [0, 0.05) is 18.0 Å². The minimum Gasteiger partial charge on any atom is -0.257 e. The minimum atomic E-state index is -3.37. The number of benzene rings is 1. The molecule has 1 aromatic carbocycles. The van der Waals surface area contributed by atoms with E-state index in [9.17, 15) is 8.42 Å². The largest absolute Gasteiger partial charge is 0.257 e. The first-order chi connectivity index (χ1) is 11.0. The summed E-state index contributed by atoms with van der Waals surface area (Å²) >= 11 is 0. The number of hydrogen-bond acceptors (Lipinski definition) is 3. The summed E-state index contributed by atoms with van der Waals surface area (Å²) in [5, 5.41) is 4.70. The van der Waals surface area contributed by atoms with Crippen LogP contribution in [0.4, 0.5) is 5.82 Å². The summed E-state index contributed by atoms with van der Waals surface area (Å²) in [5.74, 6) is 0.582. The highest BCUT2D eigenvalue weighted by atomic mass is 32.2. The molecule has 0 saturated carbocycles. The highest BCUT2D eigenvalue weighted by molar-refractivity contribution is 7.92. The number of hydrogen-bond donors (Lipinski definition) is 0. The third-order valence-electron chi connectivity index (χ3n) is 3.60. The standard InChI is InChI=1S/C16H23N3O2S.C2H6/c1-12-14(16(2,3)4)17-19(13-10-8-7-9-11-13)15(12)18(5)22(6,20)21;1-2/h7-11H,1-6H3;1-2H3. The van der Waals surface area contributed by atoms with E-state index in [0.29, 0.717) is 5.82 Å². The lowest BCUT2D eigenvalue weighted by Gasteiger charge is -2.20. The Hall–Kier alpha value is -1.82.